The molecule has 0 atom stereocenters. The summed E-state index contributed by atoms with van der Waals surface area (Å²) < 4.78 is 0. The summed E-state index contributed by atoms with van der Waals surface area (Å²) in [6.07, 6.45) is 1.10. The first kappa shape index (κ1) is 15.3. The Morgan fingerprint density at radius 3 is 2.45 bits per heavy atom. The molecule has 5 nitrogen and oxygen atoms in total. The van der Waals surface area contributed by atoms with Crippen LogP contribution < -0.4 is 10.2 Å². The first-order chi connectivity index (χ1) is 10.7. The lowest BCUT2D eigenvalue weighted by Crippen LogP contribution is -2.48. The van der Waals surface area contributed by atoms with E-state index in [1.807, 2.05) is 7.05 Å². The predicted octanol–water partition coefficient (Wildman–Crippen LogP) is 0.413. The summed E-state index contributed by atoms with van der Waals surface area (Å²) in [6, 6.07) is 8.73. The number of hydrogen-bond acceptors (Lipinski definition) is 4. The molecule has 0 unspecified atom stereocenters. The van der Waals surface area contributed by atoms with Gasteiger partial charge in [-0.25, -0.2) is 0 Å². The predicted molar refractivity (Wildman–Crippen MR) is 89.3 cm³/mol. The molecule has 2 aliphatic heterocycles. The van der Waals surface area contributed by atoms with E-state index in [0.717, 1.165) is 57.9 Å². The van der Waals surface area contributed by atoms with Crippen molar-refractivity contribution in [1.29, 1.82) is 0 Å². The van der Waals surface area contributed by atoms with Crippen LogP contribution in [0.15, 0.2) is 24.3 Å². The SMILES string of the molecule is CN1CCN(c2ccc(CCN3CCNCC3)cc2)CC1=O. The fourth-order valence-electron chi connectivity index (χ4n) is 3.07. The zero-order valence-electron chi connectivity index (χ0n) is 13.4. The molecule has 0 aromatic heterocycles. The first-order valence-electron chi connectivity index (χ1n) is 8.23. The van der Waals surface area contributed by atoms with Crippen LogP contribution in [0.4, 0.5) is 5.69 Å². The summed E-state index contributed by atoms with van der Waals surface area (Å²) in [5.41, 5.74) is 2.54. The van der Waals surface area contributed by atoms with E-state index in [4.69, 9.17) is 0 Å². The number of carbonyl (C=O) groups excluding carboxylic acids is 1. The molecule has 1 N–H and O–H groups in total. The molecular weight excluding hydrogens is 276 g/mol. The second-order valence-corrected chi connectivity index (χ2v) is 6.24. The minimum absolute atomic E-state index is 0.203. The summed E-state index contributed by atoms with van der Waals surface area (Å²) in [4.78, 5) is 18.3. The van der Waals surface area contributed by atoms with Crippen molar-refractivity contribution >= 4 is 11.6 Å². The van der Waals surface area contributed by atoms with Crippen molar-refractivity contribution in [2.45, 2.75) is 6.42 Å². The van der Waals surface area contributed by atoms with Crippen molar-refractivity contribution in [3.05, 3.63) is 29.8 Å². The summed E-state index contributed by atoms with van der Waals surface area (Å²) in [5, 5.41) is 3.39. The highest BCUT2D eigenvalue weighted by molar-refractivity contribution is 5.82. The molecule has 1 aromatic rings. The van der Waals surface area contributed by atoms with Crippen molar-refractivity contribution < 1.29 is 4.79 Å². The van der Waals surface area contributed by atoms with E-state index < -0.39 is 0 Å². The highest BCUT2D eigenvalue weighted by Crippen LogP contribution is 2.18. The highest BCUT2D eigenvalue weighted by atomic mass is 16.2. The average molecular weight is 302 g/mol. The number of likely N-dealkylation sites (N-methyl/N-ethyl adjacent to an activating group) is 1. The van der Waals surface area contributed by atoms with Crippen LogP contribution >= 0.6 is 0 Å². The number of anilines is 1. The number of nitrogens with zero attached hydrogens (tertiary/aromatic N) is 3. The zero-order valence-corrected chi connectivity index (χ0v) is 13.4. The van der Waals surface area contributed by atoms with E-state index >= 15 is 0 Å². The quantitative estimate of drug-likeness (QED) is 0.874. The molecule has 5 heteroatoms. The van der Waals surface area contributed by atoms with Gasteiger partial charge in [-0.2, -0.15) is 0 Å². The van der Waals surface area contributed by atoms with E-state index in [0.29, 0.717) is 6.54 Å². The van der Waals surface area contributed by atoms with Crippen LogP contribution in [0.25, 0.3) is 0 Å². The minimum atomic E-state index is 0.203. The number of hydrogen-bond donors (Lipinski definition) is 1. The van der Waals surface area contributed by atoms with Crippen LogP contribution in [-0.4, -0.2) is 75.1 Å². The van der Waals surface area contributed by atoms with Crippen molar-refractivity contribution in [3.8, 4) is 0 Å². The van der Waals surface area contributed by atoms with Gasteiger partial charge in [-0.1, -0.05) is 12.1 Å². The third-order valence-electron chi connectivity index (χ3n) is 4.69. The number of carbonyl (C=O) groups is 1. The Balaban J connectivity index is 1.52. The highest BCUT2D eigenvalue weighted by Gasteiger charge is 2.20. The number of nitrogens with one attached hydrogen (secondary N) is 1. The van der Waals surface area contributed by atoms with E-state index in [2.05, 4.69) is 39.4 Å². The van der Waals surface area contributed by atoms with E-state index in [9.17, 15) is 4.79 Å². The van der Waals surface area contributed by atoms with Gasteiger partial charge in [-0.15, -0.1) is 0 Å². The normalized spacial score (nSPS) is 20.5. The van der Waals surface area contributed by atoms with Gasteiger partial charge in [-0.05, 0) is 24.1 Å². The summed E-state index contributed by atoms with van der Waals surface area (Å²) in [6.45, 7) is 7.88. The Kier molecular flexibility index (Phi) is 4.95. The Morgan fingerprint density at radius 2 is 1.77 bits per heavy atom. The molecule has 2 saturated heterocycles. The van der Waals surface area contributed by atoms with Gasteiger partial charge in [0, 0.05) is 58.5 Å². The molecule has 1 amide bonds. The monoisotopic (exact) mass is 302 g/mol. The average Bonchev–Trinajstić information content (AvgIpc) is 2.57. The lowest BCUT2D eigenvalue weighted by atomic mass is 10.1. The largest absolute Gasteiger partial charge is 0.360 e. The van der Waals surface area contributed by atoms with Gasteiger partial charge in [0.15, 0.2) is 0 Å². The first-order valence-corrected chi connectivity index (χ1v) is 8.23. The number of benzene rings is 1. The van der Waals surface area contributed by atoms with Crippen molar-refractivity contribution in [2.24, 2.45) is 0 Å². The molecule has 0 spiro atoms. The van der Waals surface area contributed by atoms with Crippen LogP contribution in [-0.2, 0) is 11.2 Å². The van der Waals surface area contributed by atoms with Crippen LogP contribution in [0.3, 0.4) is 0 Å². The number of piperazine rings is 2. The van der Waals surface area contributed by atoms with Crippen LogP contribution in [0.1, 0.15) is 5.56 Å². The van der Waals surface area contributed by atoms with Gasteiger partial charge in [0.25, 0.3) is 0 Å². The van der Waals surface area contributed by atoms with Crippen LogP contribution in [0.2, 0.25) is 0 Å². The molecule has 1 aromatic carbocycles. The summed E-state index contributed by atoms with van der Waals surface area (Å²) >= 11 is 0. The summed E-state index contributed by atoms with van der Waals surface area (Å²) in [5.74, 6) is 0.203. The Morgan fingerprint density at radius 1 is 1.05 bits per heavy atom. The Bertz CT molecular complexity index is 496. The van der Waals surface area contributed by atoms with Gasteiger partial charge in [0.05, 0.1) is 6.54 Å². The fourth-order valence-corrected chi connectivity index (χ4v) is 3.07. The molecular formula is C17H26N4O. The molecule has 2 fully saturated rings. The Labute approximate surface area is 132 Å². The number of amides is 1. The van der Waals surface area contributed by atoms with E-state index in [1.54, 1.807) is 4.90 Å². The van der Waals surface area contributed by atoms with Crippen molar-refractivity contribution in [2.75, 3.05) is 64.3 Å². The van der Waals surface area contributed by atoms with Crippen LogP contribution in [0, 0.1) is 0 Å². The van der Waals surface area contributed by atoms with Crippen molar-refractivity contribution in [1.82, 2.24) is 15.1 Å². The molecule has 0 aliphatic carbocycles. The van der Waals surface area contributed by atoms with Gasteiger partial charge in [0.2, 0.25) is 5.91 Å². The van der Waals surface area contributed by atoms with Crippen LogP contribution in [0.5, 0.6) is 0 Å². The fraction of sp³-hybridized carbons (Fsp3) is 0.588. The molecule has 0 saturated carbocycles. The maximum atomic E-state index is 11.8. The van der Waals surface area contributed by atoms with Gasteiger partial charge < -0.3 is 20.0 Å². The third kappa shape index (κ3) is 3.78. The lowest BCUT2D eigenvalue weighted by molar-refractivity contribution is -0.129. The van der Waals surface area contributed by atoms with E-state index in [1.165, 1.54) is 5.56 Å². The second-order valence-electron chi connectivity index (χ2n) is 6.24. The van der Waals surface area contributed by atoms with Gasteiger partial charge in [-0.3, -0.25) is 4.79 Å². The molecule has 3 rings (SSSR count). The zero-order chi connectivity index (χ0) is 15.4. The number of rotatable bonds is 4. The topological polar surface area (TPSA) is 38.8 Å². The molecule has 120 valence electrons. The third-order valence-corrected chi connectivity index (χ3v) is 4.69. The Hall–Kier alpha value is -1.59. The molecule has 0 radical (unpaired) electrons. The smallest absolute Gasteiger partial charge is 0.241 e. The van der Waals surface area contributed by atoms with E-state index in [-0.39, 0.29) is 5.91 Å². The molecule has 0 bridgehead atoms. The molecule has 2 aliphatic rings. The maximum Gasteiger partial charge on any atom is 0.241 e. The van der Waals surface area contributed by atoms with Crippen molar-refractivity contribution in [3.63, 3.8) is 0 Å². The summed E-state index contributed by atoms with van der Waals surface area (Å²) in [7, 11) is 1.87. The minimum Gasteiger partial charge on any atom is -0.360 e. The molecule has 22 heavy (non-hydrogen) atoms. The molecule has 2 heterocycles. The standard InChI is InChI=1S/C17H26N4O/c1-19-12-13-21(14-17(19)22)16-4-2-15(3-5-16)6-9-20-10-7-18-8-11-20/h2-5,18H,6-14H2,1H3. The van der Waals surface area contributed by atoms with Gasteiger partial charge in [0.1, 0.15) is 0 Å². The van der Waals surface area contributed by atoms with Gasteiger partial charge >= 0.3 is 0 Å². The second kappa shape index (κ2) is 7.11. The maximum absolute atomic E-state index is 11.8. The lowest BCUT2D eigenvalue weighted by Gasteiger charge is -2.33.